The van der Waals surface area contributed by atoms with E-state index in [1.165, 1.54) is 22.5 Å². The van der Waals surface area contributed by atoms with E-state index in [0.29, 0.717) is 30.1 Å². The summed E-state index contributed by atoms with van der Waals surface area (Å²) >= 11 is 6.23. The first-order valence-electron chi connectivity index (χ1n) is 10.5. The summed E-state index contributed by atoms with van der Waals surface area (Å²) in [5.74, 6) is 0.328. The summed E-state index contributed by atoms with van der Waals surface area (Å²) in [4.78, 5) is 15.1. The number of imidazole rings is 1. The SMILES string of the molecule is OC[C@H]1O[C@@H](n2cnc3c(N4CC5(CCc6ccc(F)cc65)C4)nc(Cl)nc32)[C@@H](O)C1O. The van der Waals surface area contributed by atoms with Gasteiger partial charge in [-0.15, -0.1) is 0 Å². The standard InChI is InChI=1S/C21H21ClFN5O4/c22-20-25-17(27-7-21(8-27)4-3-10-1-2-11(23)5-12(10)21)14-18(26-20)28(9-24-14)19-16(31)15(30)13(6-29)32-19/h1-2,5,9,13,15-16,19,29-31H,3-4,6-8H2/t13-,15?,16+,19-/m1/s1. The third kappa shape index (κ3) is 2.80. The molecule has 1 spiro atoms. The van der Waals surface area contributed by atoms with Gasteiger partial charge in [0.1, 0.15) is 24.1 Å². The van der Waals surface area contributed by atoms with Gasteiger partial charge in [0.2, 0.25) is 5.28 Å². The van der Waals surface area contributed by atoms with Crippen LogP contribution in [0.5, 0.6) is 0 Å². The lowest BCUT2D eigenvalue weighted by Crippen LogP contribution is -2.58. The summed E-state index contributed by atoms with van der Waals surface area (Å²) < 4.78 is 21.0. The van der Waals surface area contributed by atoms with Gasteiger partial charge in [-0.05, 0) is 47.7 Å². The summed E-state index contributed by atoms with van der Waals surface area (Å²) in [7, 11) is 0. The molecule has 1 aliphatic carbocycles. The quantitative estimate of drug-likeness (QED) is 0.493. The van der Waals surface area contributed by atoms with E-state index in [1.807, 2.05) is 11.0 Å². The summed E-state index contributed by atoms with van der Waals surface area (Å²) in [6.07, 6.45) is -1.07. The minimum absolute atomic E-state index is 0.0137. The zero-order valence-electron chi connectivity index (χ0n) is 16.9. The molecule has 2 saturated heterocycles. The zero-order valence-corrected chi connectivity index (χ0v) is 17.7. The molecule has 2 aromatic heterocycles. The van der Waals surface area contributed by atoms with Crippen molar-refractivity contribution in [3.63, 3.8) is 0 Å². The molecular formula is C21H21ClFN5O4. The Hall–Kier alpha value is -2.37. The van der Waals surface area contributed by atoms with Crippen LogP contribution in [0.3, 0.4) is 0 Å². The third-order valence-corrected chi connectivity index (χ3v) is 7.14. The molecule has 4 heterocycles. The first-order chi connectivity index (χ1) is 15.4. The number of benzene rings is 1. The van der Waals surface area contributed by atoms with Crippen molar-refractivity contribution in [3.05, 3.63) is 46.8 Å². The van der Waals surface area contributed by atoms with Crippen LogP contribution >= 0.6 is 11.6 Å². The lowest BCUT2D eigenvalue weighted by Gasteiger charge is -2.49. The van der Waals surface area contributed by atoms with Gasteiger partial charge < -0.3 is 25.0 Å². The Labute approximate surface area is 187 Å². The van der Waals surface area contributed by atoms with Gasteiger partial charge in [0, 0.05) is 18.5 Å². The highest BCUT2D eigenvalue weighted by atomic mass is 35.5. The number of hydrogen-bond donors (Lipinski definition) is 3. The highest BCUT2D eigenvalue weighted by Crippen LogP contribution is 2.48. The van der Waals surface area contributed by atoms with Gasteiger partial charge >= 0.3 is 0 Å². The number of aliphatic hydroxyl groups is 3. The fourth-order valence-corrected chi connectivity index (χ4v) is 5.48. The first-order valence-corrected chi connectivity index (χ1v) is 10.8. The smallest absolute Gasteiger partial charge is 0.226 e. The van der Waals surface area contributed by atoms with Crippen LogP contribution in [-0.4, -0.2) is 72.8 Å². The number of hydrogen-bond acceptors (Lipinski definition) is 8. The molecule has 1 unspecified atom stereocenters. The molecule has 2 aliphatic heterocycles. The monoisotopic (exact) mass is 461 g/mol. The number of anilines is 1. The average Bonchev–Trinajstić information content (AvgIpc) is 3.41. The average molecular weight is 462 g/mol. The molecular weight excluding hydrogens is 441 g/mol. The Bertz CT molecular complexity index is 1220. The van der Waals surface area contributed by atoms with E-state index >= 15 is 0 Å². The Morgan fingerprint density at radius 2 is 2.03 bits per heavy atom. The number of rotatable bonds is 3. The van der Waals surface area contributed by atoms with Crippen molar-refractivity contribution in [2.75, 3.05) is 24.6 Å². The van der Waals surface area contributed by atoms with Gasteiger partial charge in [0.25, 0.3) is 0 Å². The molecule has 3 aromatic rings. The van der Waals surface area contributed by atoms with Crippen LogP contribution in [0.15, 0.2) is 24.5 Å². The van der Waals surface area contributed by atoms with Crippen molar-refractivity contribution < 1.29 is 24.4 Å². The van der Waals surface area contributed by atoms with E-state index in [4.69, 9.17) is 16.3 Å². The van der Waals surface area contributed by atoms with Crippen LogP contribution in [0.2, 0.25) is 5.28 Å². The van der Waals surface area contributed by atoms with Crippen LogP contribution in [0.25, 0.3) is 11.2 Å². The van der Waals surface area contributed by atoms with Gasteiger partial charge in [-0.1, -0.05) is 6.07 Å². The van der Waals surface area contributed by atoms with E-state index in [2.05, 4.69) is 15.0 Å². The molecule has 6 rings (SSSR count). The molecule has 4 atom stereocenters. The second-order valence-corrected chi connectivity index (χ2v) is 9.15. The Morgan fingerprint density at radius 3 is 2.78 bits per heavy atom. The van der Waals surface area contributed by atoms with E-state index in [9.17, 15) is 19.7 Å². The number of aryl methyl sites for hydroxylation is 1. The van der Waals surface area contributed by atoms with Crippen molar-refractivity contribution in [2.24, 2.45) is 0 Å². The molecule has 9 nitrogen and oxygen atoms in total. The van der Waals surface area contributed by atoms with Crippen LogP contribution in [0, 0.1) is 5.82 Å². The number of ether oxygens (including phenoxy) is 1. The second-order valence-electron chi connectivity index (χ2n) is 8.81. The van der Waals surface area contributed by atoms with Crippen LogP contribution < -0.4 is 4.90 Å². The van der Waals surface area contributed by atoms with Crippen molar-refractivity contribution >= 4 is 28.6 Å². The molecule has 32 heavy (non-hydrogen) atoms. The highest BCUT2D eigenvalue weighted by molar-refractivity contribution is 6.28. The minimum Gasteiger partial charge on any atom is -0.394 e. The number of aromatic nitrogens is 4. The number of fused-ring (bicyclic) bond motifs is 3. The van der Waals surface area contributed by atoms with E-state index in [1.54, 1.807) is 6.07 Å². The summed E-state index contributed by atoms with van der Waals surface area (Å²) in [6.45, 7) is 0.888. The number of aliphatic hydroxyl groups excluding tert-OH is 3. The second kappa shape index (κ2) is 7.06. The van der Waals surface area contributed by atoms with Crippen molar-refractivity contribution in [1.82, 2.24) is 19.5 Å². The number of halogens is 2. The van der Waals surface area contributed by atoms with Crippen LogP contribution in [0.1, 0.15) is 23.8 Å². The van der Waals surface area contributed by atoms with Crippen molar-refractivity contribution in [2.45, 2.75) is 42.8 Å². The summed E-state index contributed by atoms with van der Waals surface area (Å²) in [5, 5.41) is 29.9. The molecule has 0 radical (unpaired) electrons. The van der Waals surface area contributed by atoms with Crippen molar-refractivity contribution in [1.29, 1.82) is 0 Å². The largest absolute Gasteiger partial charge is 0.394 e. The molecule has 0 saturated carbocycles. The van der Waals surface area contributed by atoms with Crippen LogP contribution in [-0.2, 0) is 16.6 Å². The molecule has 0 amide bonds. The highest BCUT2D eigenvalue weighted by Gasteiger charge is 2.50. The van der Waals surface area contributed by atoms with E-state index < -0.39 is 31.1 Å². The van der Waals surface area contributed by atoms with Crippen LogP contribution in [0.4, 0.5) is 10.2 Å². The summed E-state index contributed by atoms with van der Waals surface area (Å²) in [6, 6.07) is 5.01. The summed E-state index contributed by atoms with van der Waals surface area (Å²) in [5.41, 5.74) is 2.97. The van der Waals surface area contributed by atoms with Gasteiger partial charge in [-0.2, -0.15) is 9.97 Å². The lowest BCUT2D eigenvalue weighted by molar-refractivity contribution is -0.0511. The van der Waals surface area contributed by atoms with Gasteiger partial charge in [-0.3, -0.25) is 4.57 Å². The maximum Gasteiger partial charge on any atom is 0.226 e. The maximum atomic E-state index is 13.9. The predicted octanol–water partition coefficient (Wildman–Crippen LogP) is 0.935. The molecule has 168 valence electrons. The number of nitrogens with zero attached hydrogens (tertiary/aromatic N) is 5. The third-order valence-electron chi connectivity index (χ3n) is 6.97. The molecule has 11 heteroatoms. The topological polar surface area (TPSA) is 117 Å². The normalized spacial score (nSPS) is 28.5. The Balaban J connectivity index is 1.34. The fraction of sp³-hybridized carbons (Fsp3) is 0.476. The first kappa shape index (κ1) is 20.3. The van der Waals surface area contributed by atoms with Gasteiger partial charge in [-0.25, -0.2) is 9.37 Å². The van der Waals surface area contributed by atoms with Gasteiger partial charge in [0.05, 0.1) is 12.9 Å². The fourth-order valence-electron chi connectivity index (χ4n) is 5.32. The Kier molecular flexibility index (Phi) is 4.47. The van der Waals surface area contributed by atoms with Gasteiger partial charge in [0.15, 0.2) is 23.2 Å². The van der Waals surface area contributed by atoms with E-state index in [-0.39, 0.29) is 16.5 Å². The lowest BCUT2D eigenvalue weighted by atomic mass is 9.74. The Morgan fingerprint density at radius 1 is 1.22 bits per heavy atom. The molecule has 1 aromatic carbocycles. The van der Waals surface area contributed by atoms with Crippen molar-refractivity contribution in [3.8, 4) is 0 Å². The zero-order chi connectivity index (χ0) is 22.2. The molecule has 3 aliphatic rings. The molecule has 2 fully saturated rings. The molecule has 0 bridgehead atoms. The minimum atomic E-state index is -1.26. The predicted molar refractivity (Wildman–Crippen MR) is 112 cm³/mol. The maximum absolute atomic E-state index is 13.9. The van der Waals surface area contributed by atoms with E-state index in [0.717, 1.165) is 18.4 Å². The molecule has 3 N–H and O–H groups in total.